The van der Waals surface area contributed by atoms with E-state index in [0.717, 1.165) is 23.5 Å². The van der Waals surface area contributed by atoms with Crippen LogP contribution in [-0.4, -0.2) is 48.4 Å². The zero-order chi connectivity index (χ0) is 18.7. The number of methoxy groups -OCH3 is 1. The Morgan fingerprint density at radius 3 is 2.54 bits per heavy atom. The van der Waals surface area contributed by atoms with Crippen molar-refractivity contribution in [2.75, 3.05) is 25.5 Å². The van der Waals surface area contributed by atoms with Crippen molar-refractivity contribution in [2.24, 2.45) is 0 Å². The van der Waals surface area contributed by atoms with Crippen LogP contribution in [0.4, 0.5) is 5.00 Å². The Morgan fingerprint density at radius 2 is 1.92 bits per heavy atom. The van der Waals surface area contributed by atoms with E-state index in [1.807, 2.05) is 50.2 Å². The molecule has 3 rings (SSSR count). The van der Waals surface area contributed by atoms with Crippen molar-refractivity contribution < 1.29 is 14.3 Å². The van der Waals surface area contributed by atoms with E-state index < -0.39 is 0 Å². The minimum absolute atomic E-state index is 0.113. The summed E-state index contributed by atoms with van der Waals surface area (Å²) < 4.78 is 10.7. The van der Waals surface area contributed by atoms with Crippen molar-refractivity contribution in [2.45, 2.75) is 26.1 Å². The molecule has 0 spiro atoms. The van der Waals surface area contributed by atoms with Gasteiger partial charge in [-0.25, -0.2) is 4.79 Å². The maximum atomic E-state index is 12.2. The summed E-state index contributed by atoms with van der Waals surface area (Å²) in [4.78, 5) is 15.3. The first-order valence-corrected chi connectivity index (χ1v) is 9.69. The number of morpholine rings is 1. The second kappa shape index (κ2) is 8.16. The zero-order valence-electron chi connectivity index (χ0n) is 15.0. The molecular weight excluding hydrogens is 368 g/mol. The van der Waals surface area contributed by atoms with Crippen LogP contribution in [0, 0.1) is 0 Å². The molecule has 1 aliphatic rings. The van der Waals surface area contributed by atoms with Gasteiger partial charge in [-0.05, 0) is 37.7 Å². The number of hydrogen-bond acceptors (Lipinski definition) is 5. The Kier molecular flexibility index (Phi) is 5.90. The summed E-state index contributed by atoms with van der Waals surface area (Å²) in [5.74, 6) is -0.377. The topological polar surface area (TPSA) is 50.8 Å². The number of thiocarbonyl (C=S) groups is 1. The molecule has 0 amide bonds. The van der Waals surface area contributed by atoms with E-state index in [1.165, 1.54) is 18.4 Å². The predicted octanol–water partition coefficient (Wildman–Crippen LogP) is 4.01. The first kappa shape index (κ1) is 18.8. The van der Waals surface area contributed by atoms with E-state index in [9.17, 15) is 4.79 Å². The molecule has 26 heavy (non-hydrogen) atoms. The van der Waals surface area contributed by atoms with Crippen molar-refractivity contribution in [1.29, 1.82) is 0 Å². The first-order valence-electron chi connectivity index (χ1n) is 8.47. The smallest absolute Gasteiger partial charge is 0.340 e. The van der Waals surface area contributed by atoms with Gasteiger partial charge in [0.2, 0.25) is 0 Å². The van der Waals surface area contributed by atoms with Crippen LogP contribution in [-0.2, 0) is 9.47 Å². The Hall–Kier alpha value is -1.96. The molecule has 2 unspecified atom stereocenters. The van der Waals surface area contributed by atoms with Gasteiger partial charge in [0.15, 0.2) is 5.11 Å². The quantitative estimate of drug-likeness (QED) is 0.631. The molecule has 2 aromatic rings. The van der Waals surface area contributed by atoms with Gasteiger partial charge in [-0.2, -0.15) is 0 Å². The fraction of sp³-hybridized carbons (Fsp3) is 0.368. The van der Waals surface area contributed by atoms with Crippen LogP contribution >= 0.6 is 23.6 Å². The first-order chi connectivity index (χ1) is 12.5. The van der Waals surface area contributed by atoms with Gasteiger partial charge < -0.3 is 19.7 Å². The molecule has 1 fully saturated rings. The number of carbonyl (C=O) groups excluding carboxylic acids is 1. The predicted molar refractivity (Wildman–Crippen MR) is 109 cm³/mol. The number of anilines is 1. The van der Waals surface area contributed by atoms with E-state index in [4.69, 9.17) is 21.7 Å². The van der Waals surface area contributed by atoms with E-state index in [0.29, 0.717) is 15.7 Å². The number of hydrogen-bond donors (Lipinski definition) is 1. The molecule has 0 aliphatic carbocycles. The van der Waals surface area contributed by atoms with Crippen LogP contribution in [0.15, 0.2) is 36.4 Å². The summed E-state index contributed by atoms with van der Waals surface area (Å²) in [5, 5.41) is 4.54. The highest BCUT2D eigenvalue weighted by Gasteiger charge is 2.25. The second-order valence-corrected chi connectivity index (χ2v) is 7.74. The van der Waals surface area contributed by atoms with Gasteiger partial charge in [-0.3, -0.25) is 0 Å². The summed E-state index contributed by atoms with van der Waals surface area (Å²) in [7, 11) is 1.38. The highest BCUT2D eigenvalue weighted by molar-refractivity contribution is 7.80. The van der Waals surface area contributed by atoms with Gasteiger partial charge in [0.1, 0.15) is 5.00 Å². The SMILES string of the molecule is COC(=O)c1cc(-c2ccccc2)sc1NC(=S)N1CC(C)OC(C)C1. The summed E-state index contributed by atoms with van der Waals surface area (Å²) in [5.41, 5.74) is 1.54. The molecule has 7 heteroatoms. The van der Waals surface area contributed by atoms with Crippen molar-refractivity contribution in [3.63, 3.8) is 0 Å². The number of esters is 1. The lowest BCUT2D eigenvalue weighted by molar-refractivity contribution is -0.0473. The highest BCUT2D eigenvalue weighted by Crippen LogP contribution is 2.36. The van der Waals surface area contributed by atoms with Gasteiger partial charge in [0.25, 0.3) is 0 Å². The normalized spacial score (nSPS) is 19.9. The molecule has 1 N–H and O–H groups in total. The van der Waals surface area contributed by atoms with E-state index in [-0.39, 0.29) is 18.2 Å². The Bertz CT molecular complexity index is 781. The summed E-state index contributed by atoms with van der Waals surface area (Å²) in [6.45, 7) is 5.51. The molecule has 0 radical (unpaired) electrons. The van der Waals surface area contributed by atoms with Crippen molar-refractivity contribution in [3.05, 3.63) is 42.0 Å². The minimum atomic E-state index is -0.377. The molecule has 1 saturated heterocycles. The third-order valence-electron chi connectivity index (χ3n) is 4.12. The van der Waals surface area contributed by atoms with Crippen LogP contribution < -0.4 is 5.32 Å². The molecular formula is C19H22N2O3S2. The molecule has 0 saturated carbocycles. The lowest BCUT2D eigenvalue weighted by Crippen LogP contribution is -2.49. The molecule has 0 bridgehead atoms. The standard InChI is InChI=1S/C19H22N2O3S2/c1-12-10-21(11-13(2)24-12)19(25)20-17-15(18(22)23-3)9-16(26-17)14-7-5-4-6-8-14/h4-9,12-13H,10-11H2,1-3H3,(H,20,25). The number of carbonyl (C=O) groups is 1. The van der Waals surface area contributed by atoms with Gasteiger partial charge >= 0.3 is 5.97 Å². The van der Waals surface area contributed by atoms with Crippen molar-refractivity contribution in [1.82, 2.24) is 4.90 Å². The van der Waals surface area contributed by atoms with E-state index in [2.05, 4.69) is 10.2 Å². The third-order valence-corrected chi connectivity index (χ3v) is 5.58. The summed E-state index contributed by atoms with van der Waals surface area (Å²) in [6.07, 6.45) is 0.226. The molecule has 2 heterocycles. The summed E-state index contributed by atoms with van der Waals surface area (Å²) >= 11 is 7.08. The molecule has 1 aromatic heterocycles. The van der Waals surface area contributed by atoms with Crippen molar-refractivity contribution in [3.8, 4) is 10.4 Å². The van der Waals surface area contributed by atoms with Gasteiger partial charge in [0.05, 0.1) is 24.9 Å². The van der Waals surface area contributed by atoms with E-state index in [1.54, 1.807) is 0 Å². The molecule has 1 aliphatic heterocycles. The largest absolute Gasteiger partial charge is 0.465 e. The van der Waals surface area contributed by atoms with Crippen LogP contribution in [0.5, 0.6) is 0 Å². The van der Waals surface area contributed by atoms with Gasteiger partial charge in [-0.15, -0.1) is 11.3 Å². The van der Waals surface area contributed by atoms with Crippen LogP contribution in [0.2, 0.25) is 0 Å². The number of nitrogens with zero attached hydrogens (tertiary/aromatic N) is 1. The molecule has 5 nitrogen and oxygen atoms in total. The average molecular weight is 391 g/mol. The number of nitrogens with one attached hydrogen (secondary N) is 1. The summed E-state index contributed by atoms with van der Waals surface area (Å²) in [6, 6.07) is 11.8. The molecule has 1 aromatic carbocycles. The van der Waals surface area contributed by atoms with Gasteiger partial charge in [0, 0.05) is 18.0 Å². The van der Waals surface area contributed by atoms with Gasteiger partial charge in [-0.1, -0.05) is 30.3 Å². The van der Waals surface area contributed by atoms with Crippen LogP contribution in [0.1, 0.15) is 24.2 Å². The Balaban J connectivity index is 1.85. The third kappa shape index (κ3) is 4.23. The lowest BCUT2D eigenvalue weighted by Gasteiger charge is -2.36. The Morgan fingerprint density at radius 1 is 1.27 bits per heavy atom. The number of rotatable bonds is 3. The maximum Gasteiger partial charge on any atom is 0.340 e. The fourth-order valence-electron chi connectivity index (χ4n) is 3.01. The fourth-order valence-corrected chi connectivity index (χ4v) is 4.38. The molecule has 138 valence electrons. The van der Waals surface area contributed by atoms with E-state index >= 15 is 0 Å². The van der Waals surface area contributed by atoms with Crippen LogP contribution in [0.3, 0.4) is 0 Å². The number of benzene rings is 1. The van der Waals surface area contributed by atoms with Crippen molar-refractivity contribution >= 4 is 39.6 Å². The number of thiophene rings is 1. The molecule has 2 atom stereocenters. The Labute approximate surface area is 162 Å². The average Bonchev–Trinajstić information content (AvgIpc) is 3.04. The van der Waals surface area contributed by atoms with Crippen LogP contribution in [0.25, 0.3) is 10.4 Å². The highest BCUT2D eigenvalue weighted by atomic mass is 32.1. The second-order valence-electron chi connectivity index (χ2n) is 6.30. The minimum Gasteiger partial charge on any atom is -0.465 e. The lowest BCUT2D eigenvalue weighted by atomic mass is 10.1. The maximum absolute atomic E-state index is 12.2. The number of ether oxygens (including phenoxy) is 2. The zero-order valence-corrected chi connectivity index (χ0v) is 16.7. The monoisotopic (exact) mass is 390 g/mol.